The van der Waals surface area contributed by atoms with E-state index in [9.17, 15) is 0 Å². The number of aromatic nitrogens is 2. The summed E-state index contributed by atoms with van der Waals surface area (Å²) in [5.74, 6) is 0.742. The van der Waals surface area contributed by atoms with E-state index in [1.165, 1.54) is 0 Å². The molecule has 0 radical (unpaired) electrons. The summed E-state index contributed by atoms with van der Waals surface area (Å²) < 4.78 is 13.1. The molecule has 0 aromatic carbocycles. The molecule has 1 saturated heterocycles. The lowest BCUT2D eigenvalue weighted by atomic mass is 10.1. The molecule has 1 aromatic heterocycles. The fourth-order valence-corrected chi connectivity index (χ4v) is 2.54. The molecule has 2 unspecified atom stereocenters. The first-order valence-electron chi connectivity index (χ1n) is 6.90. The van der Waals surface area contributed by atoms with Gasteiger partial charge in [-0.1, -0.05) is 6.92 Å². The zero-order valence-electron chi connectivity index (χ0n) is 12.0. The Morgan fingerprint density at radius 1 is 1.53 bits per heavy atom. The maximum atomic E-state index is 6.39. The number of methoxy groups -OCH3 is 1. The molecule has 1 aliphatic rings. The summed E-state index contributed by atoms with van der Waals surface area (Å²) in [6.45, 7) is 8.56. The second kappa shape index (κ2) is 6.36. The molecule has 0 amide bonds. The molecule has 1 fully saturated rings. The van der Waals surface area contributed by atoms with Crippen molar-refractivity contribution in [3.8, 4) is 5.75 Å². The molecular weight excluding hydrogens is 244 g/mol. The molecule has 2 rings (SSSR count). The smallest absolute Gasteiger partial charge is 0.161 e. The standard InChI is InChI=1S/C13H24N4O2/c1-4-16-6-7-19-11(9-16)12(14)13-10(18-3)8-15-17(13)5-2/h8,11-12H,4-7,9,14H2,1-3H3. The van der Waals surface area contributed by atoms with E-state index in [1.54, 1.807) is 13.3 Å². The molecule has 108 valence electrons. The SMILES string of the molecule is CCN1CCOC(C(N)c2c(OC)cnn2CC)C1. The van der Waals surface area contributed by atoms with Crippen LogP contribution in [0.15, 0.2) is 6.20 Å². The highest BCUT2D eigenvalue weighted by Gasteiger charge is 2.30. The number of morpholine rings is 1. The van der Waals surface area contributed by atoms with Crippen molar-refractivity contribution >= 4 is 0 Å². The summed E-state index contributed by atoms with van der Waals surface area (Å²) in [6, 6.07) is -0.216. The van der Waals surface area contributed by atoms with Crippen LogP contribution in [0.4, 0.5) is 0 Å². The molecule has 0 aliphatic carbocycles. The molecule has 1 aliphatic heterocycles. The van der Waals surface area contributed by atoms with E-state index in [0.717, 1.165) is 44.2 Å². The Kier molecular flexibility index (Phi) is 4.79. The van der Waals surface area contributed by atoms with E-state index in [4.69, 9.17) is 15.2 Å². The predicted molar refractivity (Wildman–Crippen MR) is 73.2 cm³/mol. The number of nitrogens with two attached hydrogens (primary N) is 1. The Balaban J connectivity index is 2.18. The van der Waals surface area contributed by atoms with Gasteiger partial charge in [-0.25, -0.2) is 0 Å². The van der Waals surface area contributed by atoms with E-state index < -0.39 is 0 Å². The topological polar surface area (TPSA) is 65.5 Å². The van der Waals surface area contributed by atoms with Crippen LogP contribution >= 0.6 is 0 Å². The lowest BCUT2D eigenvalue weighted by Gasteiger charge is -2.35. The van der Waals surface area contributed by atoms with Gasteiger partial charge in [0.25, 0.3) is 0 Å². The van der Waals surface area contributed by atoms with Gasteiger partial charge < -0.3 is 15.2 Å². The van der Waals surface area contributed by atoms with E-state index in [1.807, 2.05) is 11.6 Å². The van der Waals surface area contributed by atoms with Crippen LogP contribution in [0.25, 0.3) is 0 Å². The van der Waals surface area contributed by atoms with Gasteiger partial charge in [-0.3, -0.25) is 9.58 Å². The summed E-state index contributed by atoms with van der Waals surface area (Å²) in [6.07, 6.45) is 1.71. The van der Waals surface area contributed by atoms with Crippen LogP contribution in [0.3, 0.4) is 0 Å². The Bertz CT molecular complexity index is 386. The van der Waals surface area contributed by atoms with Crippen LogP contribution in [0.1, 0.15) is 25.6 Å². The van der Waals surface area contributed by atoms with Crippen molar-refractivity contribution in [2.75, 3.05) is 33.4 Å². The van der Waals surface area contributed by atoms with Gasteiger partial charge >= 0.3 is 0 Å². The summed E-state index contributed by atoms with van der Waals surface area (Å²) in [4.78, 5) is 2.35. The van der Waals surface area contributed by atoms with E-state index >= 15 is 0 Å². The molecule has 0 bridgehead atoms. The quantitative estimate of drug-likeness (QED) is 0.848. The van der Waals surface area contributed by atoms with Crippen molar-refractivity contribution in [2.24, 2.45) is 5.73 Å². The number of nitrogens with zero attached hydrogens (tertiary/aromatic N) is 3. The Morgan fingerprint density at radius 2 is 2.32 bits per heavy atom. The zero-order chi connectivity index (χ0) is 13.8. The molecule has 2 N–H and O–H groups in total. The van der Waals surface area contributed by atoms with Gasteiger partial charge in [-0.2, -0.15) is 5.10 Å². The maximum Gasteiger partial charge on any atom is 0.161 e. The van der Waals surface area contributed by atoms with Gasteiger partial charge in [0.05, 0.1) is 37.8 Å². The van der Waals surface area contributed by atoms with Crippen molar-refractivity contribution in [3.63, 3.8) is 0 Å². The van der Waals surface area contributed by atoms with Crippen LogP contribution in [-0.4, -0.2) is 54.1 Å². The summed E-state index contributed by atoms with van der Waals surface area (Å²) in [5, 5.41) is 4.30. The average Bonchev–Trinajstić information content (AvgIpc) is 2.89. The first-order valence-corrected chi connectivity index (χ1v) is 6.90. The molecule has 2 atom stereocenters. The second-order valence-corrected chi connectivity index (χ2v) is 4.74. The minimum Gasteiger partial charge on any atom is -0.493 e. The first kappa shape index (κ1) is 14.3. The van der Waals surface area contributed by atoms with Crippen LogP contribution in [-0.2, 0) is 11.3 Å². The van der Waals surface area contributed by atoms with Gasteiger partial charge in [0, 0.05) is 19.6 Å². The molecule has 6 nitrogen and oxygen atoms in total. The zero-order valence-corrected chi connectivity index (χ0v) is 12.0. The monoisotopic (exact) mass is 268 g/mol. The van der Waals surface area contributed by atoms with Gasteiger partial charge in [0.2, 0.25) is 0 Å². The lowest BCUT2D eigenvalue weighted by Crippen LogP contribution is -2.47. The average molecular weight is 268 g/mol. The first-order chi connectivity index (χ1) is 9.21. The fourth-order valence-electron chi connectivity index (χ4n) is 2.54. The minimum atomic E-state index is -0.216. The van der Waals surface area contributed by atoms with Crippen LogP contribution < -0.4 is 10.5 Å². The third-order valence-electron chi connectivity index (χ3n) is 3.71. The predicted octanol–water partition coefficient (Wildman–Crippen LogP) is 0.632. The van der Waals surface area contributed by atoms with E-state index in [2.05, 4.69) is 16.9 Å². The molecule has 6 heteroatoms. The number of hydrogen-bond acceptors (Lipinski definition) is 5. The minimum absolute atomic E-state index is 0.00963. The highest BCUT2D eigenvalue weighted by Crippen LogP contribution is 2.28. The third-order valence-corrected chi connectivity index (χ3v) is 3.71. The van der Waals surface area contributed by atoms with Crippen molar-refractivity contribution in [1.29, 1.82) is 0 Å². The largest absolute Gasteiger partial charge is 0.493 e. The molecule has 19 heavy (non-hydrogen) atoms. The van der Waals surface area contributed by atoms with Crippen molar-refractivity contribution < 1.29 is 9.47 Å². The number of ether oxygens (including phenoxy) is 2. The van der Waals surface area contributed by atoms with Crippen molar-refractivity contribution in [2.45, 2.75) is 32.5 Å². The molecule has 0 saturated carbocycles. The van der Waals surface area contributed by atoms with E-state index in [-0.39, 0.29) is 12.1 Å². The number of hydrogen-bond donors (Lipinski definition) is 1. The molecule has 2 heterocycles. The Labute approximate surface area is 114 Å². The summed E-state index contributed by atoms with van der Waals surface area (Å²) in [7, 11) is 1.65. The highest BCUT2D eigenvalue weighted by atomic mass is 16.5. The summed E-state index contributed by atoms with van der Waals surface area (Å²) in [5.41, 5.74) is 7.32. The summed E-state index contributed by atoms with van der Waals surface area (Å²) >= 11 is 0. The van der Waals surface area contributed by atoms with Crippen LogP contribution in [0.2, 0.25) is 0 Å². The fraction of sp³-hybridized carbons (Fsp3) is 0.769. The maximum absolute atomic E-state index is 6.39. The highest BCUT2D eigenvalue weighted by molar-refractivity contribution is 5.29. The van der Waals surface area contributed by atoms with Crippen LogP contribution in [0.5, 0.6) is 5.75 Å². The molecular formula is C13H24N4O2. The van der Waals surface area contributed by atoms with Gasteiger partial charge in [0.1, 0.15) is 0 Å². The number of likely N-dealkylation sites (N-methyl/N-ethyl adjacent to an activating group) is 1. The van der Waals surface area contributed by atoms with Crippen LogP contribution in [0, 0.1) is 0 Å². The number of aryl methyl sites for hydroxylation is 1. The number of rotatable bonds is 5. The van der Waals surface area contributed by atoms with Crippen molar-refractivity contribution in [1.82, 2.24) is 14.7 Å². The molecule has 1 aromatic rings. The van der Waals surface area contributed by atoms with Gasteiger partial charge in [0.15, 0.2) is 5.75 Å². The molecule has 0 spiro atoms. The van der Waals surface area contributed by atoms with E-state index in [0.29, 0.717) is 0 Å². The Morgan fingerprint density at radius 3 is 2.95 bits per heavy atom. The normalized spacial score (nSPS) is 22.4. The lowest BCUT2D eigenvalue weighted by molar-refractivity contribution is -0.0407. The second-order valence-electron chi connectivity index (χ2n) is 4.74. The third kappa shape index (κ3) is 2.91. The van der Waals surface area contributed by atoms with Gasteiger partial charge in [-0.05, 0) is 13.5 Å². The van der Waals surface area contributed by atoms with Crippen molar-refractivity contribution in [3.05, 3.63) is 11.9 Å². The van der Waals surface area contributed by atoms with Gasteiger partial charge in [-0.15, -0.1) is 0 Å². The Hall–Kier alpha value is -1.11.